The van der Waals surface area contributed by atoms with Gasteiger partial charge in [0.15, 0.2) is 0 Å². The summed E-state index contributed by atoms with van der Waals surface area (Å²) in [5.74, 6) is 0.0292. The molecule has 23 heavy (non-hydrogen) atoms. The van der Waals surface area contributed by atoms with Crippen molar-refractivity contribution in [2.45, 2.75) is 71.1 Å². The topological polar surface area (TPSA) is 66.8 Å². The van der Waals surface area contributed by atoms with Crippen LogP contribution in [0.1, 0.15) is 68.6 Å². The summed E-state index contributed by atoms with van der Waals surface area (Å²) in [6.45, 7) is 2.80. The van der Waals surface area contributed by atoms with Crippen molar-refractivity contribution in [3.63, 3.8) is 0 Å². The third kappa shape index (κ3) is 4.88. The Labute approximate surface area is 138 Å². The molecule has 0 unspecified atom stereocenters. The minimum absolute atomic E-state index is 0.104. The Hall–Kier alpha value is -1.71. The number of carboxylic acid groups (broad SMARTS) is 1. The van der Waals surface area contributed by atoms with Crippen LogP contribution >= 0.6 is 0 Å². The van der Waals surface area contributed by atoms with Gasteiger partial charge in [0.05, 0.1) is 13.0 Å². The number of benzene rings is 1. The third-order valence-electron chi connectivity index (χ3n) is 4.52. The van der Waals surface area contributed by atoms with Gasteiger partial charge in [-0.15, -0.1) is 0 Å². The first kappa shape index (κ1) is 17.6. The molecule has 0 aromatic heterocycles. The lowest BCUT2D eigenvalue weighted by Gasteiger charge is -2.13. The van der Waals surface area contributed by atoms with Crippen LogP contribution < -0.4 is 4.74 Å². The number of ether oxygens (including phenoxy) is 1. The number of unbranched alkanes of at least 4 members (excludes halogenated alkanes) is 6. The number of aromatic hydroxyl groups is 1. The van der Waals surface area contributed by atoms with Crippen molar-refractivity contribution in [2.75, 3.05) is 6.61 Å². The highest BCUT2D eigenvalue weighted by Crippen LogP contribution is 2.39. The first-order valence-electron chi connectivity index (χ1n) is 8.84. The summed E-state index contributed by atoms with van der Waals surface area (Å²) >= 11 is 0. The fourth-order valence-corrected chi connectivity index (χ4v) is 3.33. The van der Waals surface area contributed by atoms with E-state index in [4.69, 9.17) is 9.84 Å². The summed E-state index contributed by atoms with van der Waals surface area (Å²) in [6, 6.07) is 1.58. The molecule has 1 aliphatic heterocycles. The van der Waals surface area contributed by atoms with Crippen LogP contribution in [0.2, 0.25) is 0 Å². The average Bonchev–Trinajstić information content (AvgIpc) is 2.98. The molecule has 1 aromatic carbocycles. The van der Waals surface area contributed by atoms with E-state index in [1.165, 1.54) is 38.5 Å². The van der Waals surface area contributed by atoms with E-state index in [2.05, 4.69) is 6.92 Å². The zero-order valence-electron chi connectivity index (χ0n) is 14.1. The average molecular weight is 320 g/mol. The number of carboxylic acids is 1. The van der Waals surface area contributed by atoms with Gasteiger partial charge in [0.1, 0.15) is 11.5 Å². The van der Waals surface area contributed by atoms with Crippen LogP contribution in [0.15, 0.2) is 6.07 Å². The SMILES string of the molecule is CCCCCCCCCc1c(O)cc(CC(=O)O)c2c1CCO2. The number of fused-ring (bicyclic) bond motifs is 1. The molecule has 0 amide bonds. The van der Waals surface area contributed by atoms with Gasteiger partial charge >= 0.3 is 5.97 Å². The Bertz CT molecular complexity index is 537. The predicted molar refractivity (Wildman–Crippen MR) is 90.3 cm³/mol. The number of phenols is 1. The maximum absolute atomic E-state index is 10.9. The molecule has 0 saturated heterocycles. The second kappa shape index (κ2) is 8.80. The van der Waals surface area contributed by atoms with Crippen LogP contribution in [0.3, 0.4) is 0 Å². The second-order valence-electron chi connectivity index (χ2n) is 6.38. The summed E-state index contributed by atoms with van der Waals surface area (Å²) in [4.78, 5) is 10.9. The lowest BCUT2D eigenvalue weighted by Crippen LogP contribution is -2.03. The molecule has 4 heteroatoms. The van der Waals surface area contributed by atoms with E-state index in [1.54, 1.807) is 6.07 Å². The summed E-state index contributed by atoms with van der Waals surface area (Å²) in [7, 11) is 0. The van der Waals surface area contributed by atoms with E-state index in [9.17, 15) is 9.90 Å². The van der Waals surface area contributed by atoms with Gasteiger partial charge in [0, 0.05) is 23.1 Å². The van der Waals surface area contributed by atoms with Gasteiger partial charge in [-0.1, -0.05) is 45.4 Å². The quantitative estimate of drug-likeness (QED) is 0.633. The van der Waals surface area contributed by atoms with E-state index in [-0.39, 0.29) is 12.2 Å². The molecule has 0 atom stereocenters. The number of carbonyl (C=O) groups is 1. The van der Waals surface area contributed by atoms with Crippen LogP contribution in [-0.2, 0) is 24.1 Å². The predicted octanol–water partition coefficient (Wildman–Crippen LogP) is 4.25. The molecule has 2 rings (SSSR count). The zero-order chi connectivity index (χ0) is 16.7. The Balaban J connectivity index is 1.94. The fourth-order valence-electron chi connectivity index (χ4n) is 3.33. The lowest BCUT2D eigenvalue weighted by molar-refractivity contribution is -0.136. The van der Waals surface area contributed by atoms with Gasteiger partial charge < -0.3 is 14.9 Å². The highest BCUT2D eigenvalue weighted by atomic mass is 16.5. The summed E-state index contributed by atoms with van der Waals surface area (Å²) in [5.41, 5.74) is 2.57. The van der Waals surface area contributed by atoms with E-state index in [1.807, 2.05) is 0 Å². The first-order valence-corrected chi connectivity index (χ1v) is 8.84. The Morgan fingerprint density at radius 3 is 2.57 bits per heavy atom. The van der Waals surface area contributed by atoms with Crippen molar-refractivity contribution in [3.05, 3.63) is 22.8 Å². The molecule has 128 valence electrons. The van der Waals surface area contributed by atoms with Crippen LogP contribution in [0.4, 0.5) is 0 Å². The summed E-state index contributed by atoms with van der Waals surface area (Å²) in [6.07, 6.45) is 10.2. The summed E-state index contributed by atoms with van der Waals surface area (Å²) in [5, 5.41) is 19.3. The standard InChI is InChI=1S/C19H28O4/c1-2-3-4-5-6-7-8-9-15-16-10-11-23-19(16)14(12-17(15)20)13-18(21)22/h12,20H,2-11,13H2,1H3,(H,21,22). The van der Waals surface area contributed by atoms with Gasteiger partial charge in [-0.25, -0.2) is 0 Å². The molecule has 1 heterocycles. The van der Waals surface area contributed by atoms with Crippen LogP contribution in [0.25, 0.3) is 0 Å². The Morgan fingerprint density at radius 1 is 1.17 bits per heavy atom. The normalized spacial score (nSPS) is 12.9. The Morgan fingerprint density at radius 2 is 1.87 bits per heavy atom. The highest BCUT2D eigenvalue weighted by Gasteiger charge is 2.24. The molecule has 1 aromatic rings. The van der Waals surface area contributed by atoms with Crippen molar-refractivity contribution in [1.82, 2.24) is 0 Å². The van der Waals surface area contributed by atoms with E-state index in [0.717, 1.165) is 30.4 Å². The van der Waals surface area contributed by atoms with Gasteiger partial charge in [-0.2, -0.15) is 0 Å². The Kier molecular flexibility index (Phi) is 6.75. The molecule has 1 aliphatic rings. The zero-order valence-corrected chi connectivity index (χ0v) is 14.1. The molecule has 0 spiro atoms. The number of hydrogen-bond acceptors (Lipinski definition) is 3. The number of phenolic OH excluding ortho intramolecular Hbond substituents is 1. The number of hydrogen-bond donors (Lipinski definition) is 2. The molecule has 0 aliphatic carbocycles. The highest BCUT2D eigenvalue weighted by molar-refractivity contribution is 5.73. The molecule has 0 fully saturated rings. The van der Waals surface area contributed by atoms with Crippen LogP contribution in [0, 0.1) is 0 Å². The van der Waals surface area contributed by atoms with Crippen molar-refractivity contribution in [3.8, 4) is 11.5 Å². The molecule has 0 bridgehead atoms. The van der Waals surface area contributed by atoms with Crippen molar-refractivity contribution in [2.24, 2.45) is 0 Å². The second-order valence-corrected chi connectivity index (χ2v) is 6.38. The van der Waals surface area contributed by atoms with Gasteiger partial charge in [0.2, 0.25) is 0 Å². The molecular weight excluding hydrogens is 292 g/mol. The van der Waals surface area contributed by atoms with Crippen molar-refractivity contribution in [1.29, 1.82) is 0 Å². The van der Waals surface area contributed by atoms with Crippen molar-refractivity contribution < 1.29 is 19.7 Å². The molecule has 0 radical (unpaired) electrons. The van der Waals surface area contributed by atoms with E-state index >= 15 is 0 Å². The molecule has 4 nitrogen and oxygen atoms in total. The molecule has 0 saturated carbocycles. The molecular formula is C19H28O4. The fraction of sp³-hybridized carbons (Fsp3) is 0.632. The third-order valence-corrected chi connectivity index (χ3v) is 4.52. The number of rotatable bonds is 10. The smallest absolute Gasteiger partial charge is 0.307 e. The maximum Gasteiger partial charge on any atom is 0.307 e. The van der Waals surface area contributed by atoms with Gasteiger partial charge in [-0.05, 0) is 18.9 Å². The van der Waals surface area contributed by atoms with Gasteiger partial charge in [-0.3, -0.25) is 4.79 Å². The van der Waals surface area contributed by atoms with Gasteiger partial charge in [0.25, 0.3) is 0 Å². The minimum Gasteiger partial charge on any atom is -0.508 e. The van der Waals surface area contributed by atoms with E-state index < -0.39 is 5.97 Å². The van der Waals surface area contributed by atoms with Crippen LogP contribution in [0.5, 0.6) is 11.5 Å². The maximum atomic E-state index is 10.9. The molecule has 2 N–H and O–H groups in total. The number of aliphatic carboxylic acids is 1. The van der Waals surface area contributed by atoms with E-state index in [0.29, 0.717) is 17.9 Å². The van der Waals surface area contributed by atoms with Crippen LogP contribution in [-0.4, -0.2) is 22.8 Å². The minimum atomic E-state index is -0.901. The monoisotopic (exact) mass is 320 g/mol. The van der Waals surface area contributed by atoms with Crippen molar-refractivity contribution >= 4 is 5.97 Å². The lowest BCUT2D eigenvalue weighted by atomic mass is 9.94. The first-order chi connectivity index (χ1) is 11.1. The summed E-state index contributed by atoms with van der Waals surface area (Å²) < 4.78 is 5.62. The largest absolute Gasteiger partial charge is 0.508 e.